The first-order valence-corrected chi connectivity index (χ1v) is 25.1. The van der Waals surface area contributed by atoms with E-state index in [4.69, 9.17) is 15.4 Å². The van der Waals surface area contributed by atoms with E-state index in [1.807, 2.05) is 40.9 Å². The molecule has 0 aliphatic rings. The number of nitrogens with zero attached hydrogens (tertiary/aromatic N) is 2. The topological polar surface area (TPSA) is 54.4 Å². The van der Waals surface area contributed by atoms with Gasteiger partial charge in [0.1, 0.15) is 17.6 Å². The summed E-state index contributed by atoms with van der Waals surface area (Å²) in [6.07, 6.45) is 33.9. The maximum absolute atomic E-state index is 9.63. The van der Waals surface area contributed by atoms with E-state index in [0.29, 0.717) is 11.6 Å². The van der Waals surface area contributed by atoms with Crippen LogP contribution in [-0.2, 0) is 12.8 Å². The molecule has 2 atom stereocenters. The molecule has 314 valence electrons. The molecule has 0 N–H and O–H groups in total. The number of thiophene rings is 2. The third-order valence-corrected chi connectivity index (χ3v) is 15.0. The van der Waals surface area contributed by atoms with Crippen LogP contribution in [0.15, 0.2) is 45.2 Å². The average molecular weight is 821 g/mol. The van der Waals surface area contributed by atoms with Crippen LogP contribution in [0.2, 0.25) is 0 Å². The van der Waals surface area contributed by atoms with E-state index in [1.165, 1.54) is 185 Å². The summed E-state index contributed by atoms with van der Waals surface area (Å²) in [5, 5.41) is 12.4. The molecule has 0 radical (unpaired) electrons. The third-order valence-electron chi connectivity index (χ3n) is 12.5. The van der Waals surface area contributed by atoms with Crippen molar-refractivity contribution in [2.24, 2.45) is 11.8 Å². The Morgan fingerprint density at radius 2 is 0.966 bits per heavy atom. The molecule has 0 aliphatic carbocycles. The van der Waals surface area contributed by atoms with Gasteiger partial charge in [-0.25, -0.2) is 0 Å². The summed E-state index contributed by atoms with van der Waals surface area (Å²) in [5.74, 6) is 3.78. The molecule has 1 aromatic carbocycles. The van der Waals surface area contributed by atoms with E-state index in [0.717, 1.165) is 46.0 Å². The van der Waals surface area contributed by atoms with Crippen molar-refractivity contribution in [3.63, 3.8) is 0 Å². The van der Waals surface area contributed by atoms with Crippen molar-refractivity contribution in [1.29, 1.82) is 5.26 Å². The summed E-state index contributed by atoms with van der Waals surface area (Å²) in [7, 11) is 0. The lowest BCUT2D eigenvalue weighted by Crippen LogP contribution is -2.05. The maximum Gasteiger partial charge on any atom is 0.346 e. The predicted octanol–water partition coefficient (Wildman–Crippen LogP) is 18.8. The predicted molar refractivity (Wildman–Crippen MR) is 251 cm³/mol. The first-order chi connectivity index (χ1) is 28.5. The fourth-order valence-electron chi connectivity index (χ4n) is 9.07. The standard InChI is InChI=1S/C52H72N2O2S2/c1-6-10-14-16-18-22-26-39(24-20-12-8-3)28-31-42-44-36-48(46-33-30-41(38-53)55-46)57-51(44)43(45-37-49(58-52(42)45)47-34-35-50(54-5)56-47)32-29-40(25-21-13-9-4)27-23-19-17-15-11-7-2/h30,33-37,39-40H,6-29,31-32H2,1-4H3. The molecule has 2 unspecified atom stereocenters. The van der Waals surface area contributed by atoms with Crippen molar-refractivity contribution in [2.75, 3.05) is 0 Å². The highest BCUT2D eigenvalue weighted by Gasteiger charge is 2.24. The summed E-state index contributed by atoms with van der Waals surface area (Å²) in [4.78, 5) is 5.83. The lowest BCUT2D eigenvalue weighted by atomic mass is 9.86. The monoisotopic (exact) mass is 821 g/mol. The second-order valence-corrected chi connectivity index (χ2v) is 19.2. The fourth-order valence-corrected chi connectivity index (χ4v) is 11.5. The number of aryl methyl sites for hydroxylation is 2. The Morgan fingerprint density at radius 3 is 1.40 bits per heavy atom. The van der Waals surface area contributed by atoms with Crippen LogP contribution in [-0.4, -0.2) is 0 Å². The van der Waals surface area contributed by atoms with Gasteiger partial charge in [-0.15, -0.1) is 22.7 Å². The van der Waals surface area contributed by atoms with Crippen molar-refractivity contribution < 1.29 is 8.83 Å². The van der Waals surface area contributed by atoms with Gasteiger partial charge in [0, 0.05) is 9.40 Å². The number of hydrogen-bond donors (Lipinski definition) is 0. The number of rotatable bonds is 30. The van der Waals surface area contributed by atoms with Gasteiger partial charge in [0.15, 0.2) is 0 Å². The molecule has 0 bridgehead atoms. The molecule has 4 heterocycles. The molecular weight excluding hydrogens is 749 g/mol. The van der Waals surface area contributed by atoms with Gasteiger partial charge < -0.3 is 8.83 Å². The van der Waals surface area contributed by atoms with Crippen molar-refractivity contribution in [3.05, 3.63) is 64.7 Å². The smallest absolute Gasteiger partial charge is 0.346 e. The largest absolute Gasteiger partial charge is 0.479 e. The minimum atomic E-state index is 0.350. The molecule has 0 aliphatic heterocycles. The minimum Gasteiger partial charge on any atom is -0.479 e. The average Bonchev–Trinajstić information content (AvgIpc) is 4.07. The van der Waals surface area contributed by atoms with Gasteiger partial charge in [0.25, 0.3) is 0 Å². The molecule has 5 rings (SSSR count). The van der Waals surface area contributed by atoms with E-state index >= 15 is 0 Å². The summed E-state index contributed by atoms with van der Waals surface area (Å²) >= 11 is 3.72. The fraction of sp³-hybridized carbons (Fsp3) is 0.615. The van der Waals surface area contributed by atoms with Crippen LogP contribution in [0.25, 0.3) is 46.3 Å². The van der Waals surface area contributed by atoms with E-state index in [-0.39, 0.29) is 0 Å². The van der Waals surface area contributed by atoms with Crippen molar-refractivity contribution in [1.82, 2.24) is 0 Å². The number of hydrogen-bond acceptors (Lipinski definition) is 5. The Morgan fingerprint density at radius 1 is 0.552 bits per heavy atom. The molecule has 4 nitrogen and oxygen atoms in total. The zero-order valence-electron chi connectivity index (χ0n) is 36.5. The summed E-state index contributed by atoms with van der Waals surface area (Å²) in [6.45, 7) is 16.8. The number of nitriles is 1. The van der Waals surface area contributed by atoms with Crippen LogP contribution in [0, 0.1) is 29.7 Å². The Labute approximate surface area is 359 Å². The number of benzene rings is 1. The molecule has 58 heavy (non-hydrogen) atoms. The van der Waals surface area contributed by atoms with E-state index in [9.17, 15) is 5.26 Å². The lowest BCUT2D eigenvalue weighted by Gasteiger charge is -2.20. The molecule has 0 spiro atoms. The normalized spacial score (nSPS) is 12.7. The van der Waals surface area contributed by atoms with Gasteiger partial charge in [-0.1, -0.05) is 169 Å². The highest BCUT2D eigenvalue weighted by molar-refractivity contribution is 7.24. The molecule has 0 saturated carbocycles. The van der Waals surface area contributed by atoms with Crippen LogP contribution < -0.4 is 0 Å². The zero-order chi connectivity index (χ0) is 41.0. The highest BCUT2D eigenvalue weighted by Crippen LogP contribution is 2.48. The van der Waals surface area contributed by atoms with E-state index in [1.54, 1.807) is 6.07 Å². The Kier molecular flexibility index (Phi) is 20.0. The van der Waals surface area contributed by atoms with Crippen LogP contribution >= 0.6 is 22.7 Å². The summed E-state index contributed by atoms with van der Waals surface area (Å²) in [5.41, 5.74) is 2.93. The number of fused-ring (bicyclic) bond motifs is 2. The number of unbranched alkanes of at least 4 members (excludes halogenated alkanes) is 14. The van der Waals surface area contributed by atoms with Gasteiger partial charge in [-0.3, -0.25) is 0 Å². The van der Waals surface area contributed by atoms with Crippen molar-refractivity contribution in [3.8, 4) is 27.3 Å². The number of furan rings is 2. The second kappa shape index (κ2) is 25.3. The van der Waals surface area contributed by atoms with Crippen LogP contribution in [0.4, 0.5) is 5.88 Å². The van der Waals surface area contributed by atoms with Gasteiger partial charge in [-0.05, 0) is 95.8 Å². The first kappa shape index (κ1) is 45.8. The molecule has 0 saturated heterocycles. The molecule has 0 fully saturated rings. The SMILES string of the molecule is [C-]#[N+]c1ccc(-c2cc3c(CCC(CCCCC)CCCCCCCC)c4sc(-c5ccc(C#N)o5)cc4c(CCC(CCCCC)CCCCCCCC)c3s2)o1. The maximum atomic E-state index is 9.63. The highest BCUT2D eigenvalue weighted by atomic mass is 32.1. The van der Waals surface area contributed by atoms with E-state index in [2.05, 4.69) is 50.7 Å². The van der Waals surface area contributed by atoms with Crippen molar-refractivity contribution in [2.45, 2.75) is 195 Å². The van der Waals surface area contributed by atoms with Gasteiger partial charge >= 0.3 is 5.88 Å². The molecule has 6 heteroatoms. The first-order valence-electron chi connectivity index (χ1n) is 23.5. The van der Waals surface area contributed by atoms with Gasteiger partial charge in [-0.2, -0.15) is 10.1 Å². The minimum absolute atomic E-state index is 0.350. The third kappa shape index (κ3) is 13.3. The summed E-state index contributed by atoms with van der Waals surface area (Å²) in [6, 6.07) is 14.6. The van der Waals surface area contributed by atoms with E-state index < -0.39 is 0 Å². The quantitative estimate of drug-likeness (QED) is 0.0342. The second-order valence-electron chi connectivity index (χ2n) is 17.1. The lowest BCUT2D eigenvalue weighted by molar-refractivity contribution is 0.383. The Bertz CT molecular complexity index is 1810. The molecule has 4 aromatic heterocycles. The van der Waals surface area contributed by atoms with Crippen LogP contribution in [0.3, 0.4) is 0 Å². The Balaban J connectivity index is 1.54. The molecular formula is C52H72N2O2S2. The van der Waals surface area contributed by atoms with Gasteiger partial charge in [0.2, 0.25) is 5.76 Å². The van der Waals surface area contributed by atoms with Crippen LogP contribution in [0.1, 0.15) is 199 Å². The summed E-state index contributed by atoms with van der Waals surface area (Å²) < 4.78 is 14.9. The molecule has 5 aromatic rings. The zero-order valence-corrected chi connectivity index (χ0v) is 38.2. The molecule has 0 amide bonds. The van der Waals surface area contributed by atoms with Crippen molar-refractivity contribution >= 4 is 48.7 Å². The van der Waals surface area contributed by atoms with Crippen LogP contribution in [0.5, 0.6) is 0 Å². The Hall–Kier alpha value is -3.32. The van der Waals surface area contributed by atoms with Gasteiger partial charge in [0.05, 0.1) is 16.3 Å².